The molecule has 6 heteroatoms. The molecule has 0 aliphatic carbocycles. The van der Waals surface area contributed by atoms with Gasteiger partial charge in [0.1, 0.15) is 5.69 Å². The first-order chi connectivity index (χ1) is 9.54. The van der Waals surface area contributed by atoms with E-state index in [0.717, 1.165) is 32.6 Å². The molecule has 20 heavy (non-hydrogen) atoms. The average molecular weight is 281 g/mol. The fourth-order valence-corrected chi connectivity index (χ4v) is 2.29. The molecule has 0 aromatic carbocycles. The molecule has 0 aliphatic rings. The van der Waals surface area contributed by atoms with Gasteiger partial charge < -0.3 is 15.5 Å². The zero-order valence-corrected chi connectivity index (χ0v) is 13.1. The third kappa shape index (κ3) is 3.96. The van der Waals surface area contributed by atoms with Crippen molar-refractivity contribution in [3.63, 3.8) is 0 Å². The summed E-state index contributed by atoms with van der Waals surface area (Å²) in [4.78, 5) is 16.7. The number of nitrogen functional groups attached to an aromatic ring is 1. The van der Waals surface area contributed by atoms with Gasteiger partial charge in [-0.15, -0.1) is 0 Å². The second-order valence-electron chi connectivity index (χ2n) is 4.84. The highest BCUT2D eigenvalue weighted by Gasteiger charge is 2.20. The van der Waals surface area contributed by atoms with Gasteiger partial charge in [-0.25, -0.2) is 0 Å². The zero-order valence-electron chi connectivity index (χ0n) is 13.1. The number of carbonyl (C=O) groups is 1. The molecule has 0 spiro atoms. The van der Waals surface area contributed by atoms with E-state index >= 15 is 0 Å². The van der Waals surface area contributed by atoms with Crippen LogP contribution in [0.1, 0.15) is 37.7 Å². The van der Waals surface area contributed by atoms with Crippen LogP contribution < -0.4 is 5.73 Å². The van der Waals surface area contributed by atoms with Crippen molar-refractivity contribution in [2.24, 2.45) is 7.05 Å². The van der Waals surface area contributed by atoms with Crippen LogP contribution >= 0.6 is 0 Å². The number of nitrogens with two attached hydrogens (primary N) is 1. The topological polar surface area (TPSA) is 67.4 Å². The van der Waals surface area contributed by atoms with E-state index in [1.54, 1.807) is 11.7 Å². The van der Waals surface area contributed by atoms with Gasteiger partial charge >= 0.3 is 0 Å². The molecule has 0 bridgehead atoms. The lowest BCUT2D eigenvalue weighted by Gasteiger charge is -2.23. The quantitative estimate of drug-likeness (QED) is 0.777. The van der Waals surface area contributed by atoms with Crippen LogP contribution in [-0.4, -0.2) is 58.2 Å². The van der Waals surface area contributed by atoms with Crippen LogP contribution in [0.3, 0.4) is 0 Å². The van der Waals surface area contributed by atoms with E-state index in [4.69, 9.17) is 5.73 Å². The highest BCUT2D eigenvalue weighted by atomic mass is 16.2. The van der Waals surface area contributed by atoms with E-state index in [0.29, 0.717) is 17.9 Å². The number of aryl methyl sites for hydroxylation is 1. The highest BCUT2D eigenvalue weighted by Crippen LogP contribution is 2.12. The lowest BCUT2D eigenvalue weighted by Crippen LogP contribution is -2.35. The Bertz CT molecular complexity index is 406. The number of anilines is 1. The summed E-state index contributed by atoms with van der Waals surface area (Å²) in [6, 6.07) is 0. The molecule has 1 heterocycles. The minimum Gasteiger partial charge on any atom is -0.396 e. The van der Waals surface area contributed by atoms with Crippen molar-refractivity contribution < 1.29 is 4.79 Å². The standard InChI is InChI=1S/C14H27N5O/c1-5-18(6-2)9-8-10-19(7-3)14(20)13-12(15)11-16-17(13)4/h11H,5-10,15H2,1-4H3. The van der Waals surface area contributed by atoms with Crippen molar-refractivity contribution in [3.05, 3.63) is 11.9 Å². The molecule has 6 nitrogen and oxygen atoms in total. The summed E-state index contributed by atoms with van der Waals surface area (Å²) in [7, 11) is 1.74. The molecule has 1 aromatic rings. The maximum atomic E-state index is 12.5. The Labute approximate surface area is 121 Å². The maximum Gasteiger partial charge on any atom is 0.274 e. The second kappa shape index (κ2) is 7.89. The number of hydrogen-bond donors (Lipinski definition) is 1. The van der Waals surface area contributed by atoms with Crippen molar-refractivity contribution in [1.82, 2.24) is 19.6 Å². The lowest BCUT2D eigenvalue weighted by atomic mass is 10.2. The van der Waals surface area contributed by atoms with Gasteiger partial charge in [0.15, 0.2) is 0 Å². The molecule has 0 radical (unpaired) electrons. The van der Waals surface area contributed by atoms with E-state index in [1.165, 1.54) is 6.20 Å². The minimum absolute atomic E-state index is 0.0375. The summed E-state index contributed by atoms with van der Waals surface area (Å²) in [6.07, 6.45) is 2.50. The number of nitrogens with zero attached hydrogens (tertiary/aromatic N) is 4. The zero-order chi connectivity index (χ0) is 15.1. The van der Waals surface area contributed by atoms with E-state index < -0.39 is 0 Å². The van der Waals surface area contributed by atoms with Crippen LogP contribution in [-0.2, 0) is 7.05 Å². The lowest BCUT2D eigenvalue weighted by molar-refractivity contribution is 0.0747. The Morgan fingerprint density at radius 3 is 2.35 bits per heavy atom. The first-order valence-electron chi connectivity index (χ1n) is 7.34. The monoisotopic (exact) mass is 281 g/mol. The van der Waals surface area contributed by atoms with Crippen molar-refractivity contribution in [2.75, 3.05) is 38.5 Å². The van der Waals surface area contributed by atoms with E-state index in [2.05, 4.69) is 23.8 Å². The molecule has 0 aliphatic heterocycles. The van der Waals surface area contributed by atoms with Crippen LogP contribution in [0.2, 0.25) is 0 Å². The van der Waals surface area contributed by atoms with Gasteiger partial charge in [0.25, 0.3) is 5.91 Å². The molecule has 2 N–H and O–H groups in total. The van der Waals surface area contributed by atoms with Crippen LogP contribution in [0, 0.1) is 0 Å². The molecule has 0 unspecified atom stereocenters. The molecule has 0 saturated carbocycles. The molecule has 1 aromatic heterocycles. The van der Waals surface area contributed by atoms with Crippen molar-refractivity contribution >= 4 is 11.6 Å². The average Bonchev–Trinajstić information content (AvgIpc) is 2.78. The number of amides is 1. The van der Waals surface area contributed by atoms with Gasteiger partial charge in [0.2, 0.25) is 0 Å². The van der Waals surface area contributed by atoms with Gasteiger partial charge in [0, 0.05) is 20.1 Å². The van der Waals surface area contributed by atoms with Crippen molar-refractivity contribution in [2.45, 2.75) is 27.2 Å². The molecule has 1 amide bonds. The van der Waals surface area contributed by atoms with Crippen molar-refractivity contribution in [3.8, 4) is 0 Å². The first kappa shape index (κ1) is 16.5. The maximum absolute atomic E-state index is 12.5. The Hall–Kier alpha value is -1.56. The van der Waals surface area contributed by atoms with Gasteiger partial charge in [-0.1, -0.05) is 13.8 Å². The van der Waals surface area contributed by atoms with E-state index in [-0.39, 0.29) is 5.91 Å². The van der Waals surface area contributed by atoms with Crippen LogP contribution in [0.5, 0.6) is 0 Å². The van der Waals surface area contributed by atoms with E-state index in [1.807, 2.05) is 11.8 Å². The largest absolute Gasteiger partial charge is 0.396 e. The fourth-order valence-electron chi connectivity index (χ4n) is 2.29. The summed E-state index contributed by atoms with van der Waals surface area (Å²) < 4.78 is 1.55. The smallest absolute Gasteiger partial charge is 0.274 e. The fraction of sp³-hybridized carbons (Fsp3) is 0.714. The van der Waals surface area contributed by atoms with Crippen molar-refractivity contribution in [1.29, 1.82) is 0 Å². The normalized spacial score (nSPS) is 11.1. The van der Waals surface area contributed by atoms with Gasteiger partial charge in [-0.05, 0) is 33.0 Å². The predicted molar refractivity (Wildman–Crippen MR) is 81.6 cm³/mol. The summed E-state index contributed by atoms with van der Waals surface area (Å²) in [6.45, 7) is 10.8. The molecule has 0 fully saturated rings. The van der Waals surface area contributed by atoms with E-state index in [9.17, 15) is 4.79 Å². The Morgan fingerprint density at radius 1 is 1.25 bits per heavy atom. The summed E-state index contributed by atoms with van der Waals surface area (Å²) >= 11 is 0. The third-order valence-corrected chi connectivity index (χ3v) is 3.64. The van der Waals surface area contributed by atoms with Crippen LogP contribution in [0.25, 0.3) is 0 Å². The first-order valence-corrected chi connectivity index (χ1v) is 7.34. The molecule has 0 saturated heterocycles. The molecule has 114 valence electrons. The molecule has 0 atom stereocenters. The molecular formula is C14H27N5O. The van der Waals surface area contributed by atoms with Crippen LogP contribution in [0.15, 0.2) is 6.20 Å². The highest BCUT2D eigenvalue weighted by molar-refractivity contribution is 5.97. The SMILES string of the molecule is CCN(CC)CCCN(CC)C(=O)c1c(N)cnn1C. The van der Waals surface area contributed by atoms with Crippen LogP contribution in [0.4, 0.5) is 5.69 Å². The Kier molecular flexibility index (Phi) is 6.51. The van der Waals surface area contributed by atoms with Gasteiger partial charge in [-0.3, -0.25) is 9.48 Å². The molecular weight excluding hydrogens is 254 g/mol. The number of carbonyl (C=O) groups excluding carboxylic acids is 1. The van der Waals surface area contributed by atoms with Gasteiger partial charge in [0.05, 0.1) is 11.9 Å². The summed E-state index contributed by atoms with van der Waals surface area (Å²) in [5.41, 5.74) is 6.74. The Morgan fingerprint density at radius 2 is 1.90 bits per heavy atom. The number of aromatic nitrogens is 2. The Balaban J connectivity index is 2.60. The summed E-state index contributed by atoms with van der Waals surface area (Å²) in [5, 5.41) is 4.02. The van der Waals surface area contributed by atoms with Gasteiger partial charge in [-0.2, -0.15) is 5.10 Å². The summed E-state index contributed by atoms with van der Waals surface area (Å²) in [5.74, 6) is -0.0375. The second-order valence-corrected chi connectivity index (χ2v) is 4.84. The minimum atomic E-state index is -0.0375. The predicted octanol–water partition coefficient (Wildman–Crippen LogP) is 1.20. The molecule has 1 rings (SSSR count). The third-order valence-electron chi connectivity index (χ3n) is 3.64. The number of rotatable bonds is 8. The number of hydrogen-bond acceptors (Lipinski definition) is 4.